The van der Waals surface area contributed by atoms with Crippen molar-refractivity contribution in [2.75, 3.05) is 18.4 Å². The van der Waals surface area contributed by atoms with Crippen molar-refractivity contribution in [3.63, 3.8) is 0 Å². The van der Waals surface area contributed by atoms with Crippen LogP contribution in [-0.4, -0.2) is 40.0 Å². The van der Waals surface area contributed by atoms with Crippen LogP contribution in [0.4, 0.5) is 10.1 Å². The molecule has 1 aromatic carbocycles. The molecule has 1 aliphatic heterocycles. The van der Waals surface area contributed by atoms with E-state index in [4.69, 9.17) is 0 Å². The predicted octanol–water partition coefficient (Wildman–Crippen LogP) is 3.16. The van der Waals surface area contributed by atoms with Gasteiger partial charge in [-0.15, -0.1) is 0 Å². The number of aromatic nitrogens is 2. The SMILES string of the molecule is CC(C)C(=O)N1CCC(c2cc(C(=O)Nc3ccccc3F)n[nH]2)CC1. The van der Waals surface area contributed by atoms with E-state index in [0.717, 1.165) is 18.5 Å². The molecule has 0 atom stereocenters. The number of hydrogen-bond acceptors (Lipinski definition) is 3. The first-order valence-electron chi connectivity index (χ1n) is 8.85. The number of rotatable bonds is 4. The molecule has 2 N–H and O–H groups in total. The molecule has 1 aliphatic rings. The van der Waals surface area contributed by atoms with Crippen LogP contribution < -0.4 is 5.32 Å². The maximum atomic E-state index is 13.6. The zero-order valence-electron chi connectivity index (χ0n) is 15.0. The molecule has 0 radical (unpaired) electrons. The first kappa shape index (κ1) is 18.1. The third-order valence-electron chi connectivity index (χ3n) is 4.69. The number of H-pyrrole nitrogens is 1. The Morgan fingerprint density at radius 1 is 1.27 bits per heavy atom. The fourth-order valence-electron chi connectivity index (χ4n) is 3.19. The van der Waals surface area contributed by atoms with Gasteiger partial charge < -0.3 is 10.2 Å². The Balaban J connectivity index is 1.61. The molecule has 138 valence electrons. The van der Waals surface area contributed by atoms with E-state index in [1.807, 2.05) is 18.7 Å². The minimum Gasteiger partial charge on any atom is -0.342 e. The first-order chi connectivity index (χ1) is 12.5. The summed E-state index contributed by atoms with van der Waals surface area (Å²) in [5.41, 5.74) is 1.23. The summed E-state index contributed by atoms with van der Waals surface area (Å²) in [6.45, 7) is 5.22. The Labute approximate surface area is 151 Å². The van der Waals surface area contributed by atoms with Crippen molar-refractivity contribution < 1.29 is 14.0 Å². The van der Waals surface area contributed by atoms with Gasteiger partial charge in [-0.25, -0.2) is 4.39 Å². The van der Waals surface area contributed by atoms with Crippen LogP contribution in [0.25, 0.3) is 0 Å². The molecule has 0 bridgehead atoms. The molecule has 3 rings (SSSR count). The number of amides is 2. The van der Waals surface area contributed by atoms with Crippen LogP contribution in [-0.2, 0) is 4.79 Å². The molecule has 7 heteroatoms. The third-order valence-corrected chi connectivity index (χ3v) is 4.69. The molecule has 0 saturated carbocycles. The lowest BCUT2D eigenvalue weighted by atomic mass is 9.93. The first-order valence-corrected chi connectivity index (χ1v) is 8.85. The number of hydrogen-bond donors (Lipinski definition) is 2. The Bertz CT molecular complexity index is 794. The van der Waals surface area contributed by atoms with Crippen molar-refractivity contribution in [3.05, 3.63) is 47.5 Å². The summed E-state index contributed by atoms with van der Waals surface area (Å²) < 4.78 is 13.6. The van der Waals surface area contributed by atoms with Crippen LogP contribution in [0.15, 0.2) is 30.3 Å². The van der Waals surface area contributed by atoms with Crippen LogP contribution >= 0.6 is 0 Å². The number of carbonyl (C=O) groups is 2. The highest BCUT2D eigenvalue weighted by Crippen LogP contribution is 2.28. The minimum absolute atomic E-state index is 0.00684. The summed E-state index contributed by atoms with van der Waals surface area (Å²) >= 11 is 0. The van der Waals surface area contributed by atoms with Crippen molar-refractivity contribution >= 4 is 17.5 Å². The molecule has 1 fully saturated rings. The quantitative estimate of drug-likeness (QED) is 0.881. The summed E-state index contributed by atoms with van der Waals surface area (Å²) in [5.74, 6) is -0.525. The van der Waals surface area contributed by atoms with Gasteiger partial charge in [-0.1, -0.05) is 26.0 Å². The highest BCUT2D eigenvalue weighted by atomic mass is 19.1. The molecular weight excluding hydrogens is 335 g/mol. The van der Waals surface area contributed by atoms with E-state index in [0.29, 0.717) is 13.1 Å². The van der Waals surface area contributed by atoms with E-state index in [-0.39, 0.29) is 29.1 Å². The lowest BCUT2D eigenvalue weighted by Gasteiger charge is -2.32. The van der Waals surface area contributed by atoms with Crippen LogP contribution in [0.3, 0.4) is 0 Å². The third kappa shape index (κ3) is 3.92. The second-order valence-electron chi connectivity index (χ2n) is 6.90. The monoisotopic (exact) mass is 358 g/mol. The number of halogens is 1. The van der Waals surface area contributed by atoms with Gasteiger partial charge in [-0.2, -0.15) is 5.10 Å². The Kier molecular flexibility index (Phi) is 5.35. The fraction of sp³-hybridized carbons (Fsp3) is 0.421. The molecule has 1 saturated heterocycles. The zero-order chi connectivity index (χ0) is 18.7. The number of benzene rings is 1. The Morgan fingerprint density at radius 3 is 2.62 bits per heavy atom. The molecule has 2 heterocycles. The average Bonchev–Trinajstić information content (AvgIpc) is 3.13. The number of aromatic amines is 1. The standard InChI is InChI=1S/C19H23FN4O2/c1-12(2)19(26)24-9-7-13(8-10-24)16-11-17(23-22-16)18(25)21-15-6-4-3-5-14(15)20/h3-6,11-13H,7-10H2,1-2H3,(H,21,25)(H,22,23). The highest BCUT2D eigenvalue weighted by molar-refractivity contribution is 6.02. The molecule has 0 spiro atoms. The van der Waals surface area contributed by atoms with Crippen molar-refractivity contribution in [2.24, 2.45) is 5.92 Å². The van der Waals surface area contributed by atoms with Gasteiger partial charge in [-0.05, 0) is 31.0 Å². The number of nitrogens with zero attached hydrogens (tertiary/aromatic N) is 2. The second kappa shape index (κ2) is 7.68. The van der Waals surface area contributed by atoms with Crippen LogP contribution in [0.2, 0.25) is 0 Å². The summed E-state index contributed by atoms with van der Waals surface area (Å²) in [6, 6.07) is 7.72. The normalized spacial score (nSPS) is 15.3. The predicted molar refractivity (Wildman–Crippen MR) is 96.3 cm³/mol. The van der Waals surface area contributed by atoms with Crippen molar-refractivity contribution in [2.45, 2.75) is 32.6 Å². The molecule has 1 aromatic heterocycles. The smallest absolute Gasteiger partial charge is 0.276 e. The van der Waals surface area contributed by atoms with Gasteiger partial charge >= 0.3 is 0 Å². The largest absolute Gasteiger partial charge is 0.342 e. The topological polar surface area (TPSA) is 78.1 Å². The lowest BCUT2D eigenvalue weighted by Crippen LogP contribution is -2.40. The van der Waals surface area contributed by atoms with E-state index < -0.39 is 11.7 Å². The molecular formula is C19H23FN4O2. The maximum absolute atomic E-state index is 13.6. The van der Waals surface area contributed by atoms with E-state index in [9.17, 15) is 14.0 Å². The molecule has 2 aromatic rings. The lowest BCUT2D eigenvalue weighted by molar-refractivity contribution is -0.135. The number of carbonyl (C=O) groups excluding carboxylic acids is 2. The van der Waals surface area contributed by atoms with Gasteiger partial charge in [0.25, 0.3) is 5.91 Å². The number of anilines is 1. The highest BCUT2D eigenvalue weighted by Gasteiger charge is 2.26. The van der Waals surface area contributed by atoms with Gasteiger partial charge in [0.1, 0.15) is 5.82 Å². The summed E-state index contributed by atoms with van der Waals surface area (Å²) in [6.07, 6.45) is 1.66. The molecule has 6 nitrogen and oxygen atoms in total. The van der Waals surface area contributed by atoms with Crippen LogP contribution in [0.5, 0.6) is 0 Å². The number of para-hydroxylation sites is 1. The van der Waals surface area contributed by atoms with Gasteiger partial charge in [0.15, 0.2) is 5.69 Å². The molecule has 26 heavy (non-hydrogen) atoms. The molecule has 2 amide bonds. The maximum Gasteiger partial charge on any atom is 0.276 e. The minimum atomic E-state index is -0.487. The van der Waals surface area contributed by atoms with Crippen molar-refractivity contribution in [1.82, 2.24) is 15.1 Å². The van der Waals surface area contributed by atoms with Crippen LogP contribution in [0.1, 0.15) is 48.8 Å². The average molecular weight is 358 g/mol. The Hall–Kier alpha value is -2.70. The number of piperidine rings is 1. The summed E-state index contributed by atoms with van der Waals surface area (Å²) in [7, 11) is 0. The van der Waals surface area contributed by atoms with E-state index in [2.05, 4.69) is 15.5 Å². The summed E-state index contributed by atoms with van der Waals surface area (Å²) in [4.78, 5) is 26.2. The van der Waals surface area contributed by atoms with E-state index in [1.165, 1.54) is 12.1 Å². The number of nitrogens with one attached hydrogen (secondary N) is 2. The van der Waals surface area contributed by atoms with Gasteiger partial charge in [0.05, 0.1) is 5.69 Å². The van der Waals surface area contributed by atoms with E-state index >= 15 is 0 Å². The summed E-state index contributed by atoms with van der Waals surface area (Å²) in [5, 5.41) is 9.50. The second-order valence-corrected chi connectivity index (χ2v) is 6.90. The number of likely N-dealkylation sites (tertiary alicyclic amines) is 1. The Morgan fingerprint density at radius 2 is 1.96 bits per heavy atom. The van der Waals surface area contributed by atoms with Crippen molar-refractivity contribution in [1.29, 1.82) is 0 Å². The van der Waals surface area contributed by atoms with Gasteiger partial charge in [0.2, 0.25) is 5.91 Å². The fourth-order valence-corrected chi connectivity index (χ4v) is 3.19. The molecule has 0 unspecified atom stereocenters. The zero-order valence-corrected chi connectivity index (χ0v) is 15.0. The van der Waals surface area contributed by atoms with Gasteiger partial charge in [-0.3, -0.25) is 14.7 Å². The van der Waals surface area contributed by atoms with Gasteiger partial charge in [0, 0.05) is 30.6 Å². The van der Waals surface area contributed by atoms with E-state index in [1.54, 1.807) is 18.2 Å². The molecule has 0 aliphatic carbocycles. The van der Waals surface area contributed by atoms with Crippen LogP contribution in [0, 0.1) is 11.7 Å². The van der Waals surface area contributed by atoms with Crippen molar-refractivity contribution in [3.8, 4) is 0 Å².